The molecule has 23 heavy (non-hydrogen) atoms. The summed E-state index contributed by atoms with van der Waals surface area (Å²) in [6.07, 6.45) is 4.36. The van der Waals surface area contributed by atoms with Crippen molar-refractivity contribution in [1.29, 1.82) is 0 Å². The lowest BCUT2D eigenvalue weighted by molar-refractivity contribution is -0.149. The van der Waals surface area contributed by atoms with Gasteiger partial charge in [-0.15, -0.1) is 0 Å². The number of carboxylic acids is 1. The second-order valence-electron chi connectivity index (χ2n) is 4.65. The van der Waals surface area contributed by atoms with Crippen LogP contribution in [0.5, 0.6) is 0 Å². The number of allylic oxidation sites excluding steroid dienone is 7. The van der Waals surface area contributed by atoms with E-state index in [1.807, 2.05) is 6.92 Å². The van der Waals surface area contributed by atoms with E-state index in [-0.39, 0.29) is 0 Å². The zero-order valence-electron chi connectivity index (χ0n) is 12.3. The molecular weight excluding hydrogens is 377 g/mol. The average Bonchev–Trinajstić information content (AvgIpc) is 2.45. The lowest BCUT2D eigenvalue weighted by Crippen LogP contribution is -2.29. The van der Waals surface area contributed by atoms with Crippen molar-refractivity contribution >= 4 is 21.9 Å². The molecule has 0 spiro atoms. The van der Waals surface area contributed by atoms with Gasteiger partial charge < -0.3 is 9.84 Å². The second-order valence-corrected chi connectivity index (χ2v) is 5.56. The Labute approximate surface area is 140 Å². The molecule has 0 aromatic heterocycles. The highest BCUT2D eigenvalue weighted by Gasteiger charge is 2.36. The van der Waals surface area contributed by atoms with Gasteiger partial charge in [0.05, 0.1) is 6.10 Å². The fraction of sp³-hybridized carbons (Fsp3) is 0.312. The molecule has 1 N–H and O–H groups in total. The van der Waals surface area contributed by atoms with Gasteiger partial charge >= 0.3 is 12.1 Å². The van der Waals surface area contributed by atoms with Gasteiger partial charge in [-0.25, -0.2) is 4.79 Å². The maximum Gasteiger partial charge on any atom is 0.412 e. The van der Waals surface area contributed by atoms with Crippen LogP contribution >= 0.6 is 15.9 Å². The minimum absolute atomic E-state index is 0.407. The van der Waals surface area contributed by atoms with E-state index < -0.39 is 36.3 Å². The van der Waals surface area contributed by atoms with Crippen LogP contribution in [0.2, 0.25) is 0 Å². The lowest BCUT2D eigenvalue weighted by Gasteiger charge is -2.22. The minimum Gasteiger partial charge on any atom is -0.479 e. The molecule has 1 unspecified atom stereocenters. The first kappa shape index (κ1) is 19.4. The zero-order chi connectivity index (χ0) is 17.5. The van der Waals surface area contributed by atoms with Crippen molar-refractivity contribution in [3.05, 3.63) is 58.7 Å². The molecule has 2 atom stereocenters. The number of carboxylic acid groups (broad SMARTS) is 1. The van der Waals surface area contributed by atoms with Crippen molar-refractivity contribution in [2.75, 3.05) is 0 Å². The Hall–Kier alpha value is -1.60. The first-order chi connectivity index (χ1) is 10.7. The molecule has 0 amide bonds. The largest absolute Gasteiger partial charge is 0.479 e. The SMILES string of the molecule is C\C=C/C(Br)=C\C=C\[C@H](OC1C=CC=C(C(F)(F)F)C1)C(=O)O. The van der Waals surface area contributed by atoms with Crippen LogP contribution in [0.15, 0.2) is 58.7 Å². The molecule has 7 heteroatoms. The van der Waals surface area contributed by atoms with E-state index in [4.69, 9.17) is 9.84 Å². The number of hydrogen-bond donors (Lipinski definition) is 1. The third-order valence-corrected chi connectivity index (χ3v) is 3.37. The summed E-state index contributed by atoms with van der Waals surface area (Å²) in [6.45, 7) is 1.82. The molecule has 0 saturated heterocycles. The summed E-state index contributed by atoms with van der Waals surface area (Å²) in [5.41, 5.74) is -0.742. The van der Waals surface area contributed by atoms with Crippen LogP contribution in [0.4, 0.5) is 13.2 Å². The predicted octanol–water partition coefficient (Wildman–Crippen LogP) is 4.68. The Morgan fingerprint density at radius 1 is 1.52 bits per heavy atom. The summed E-state index contributed by atoms with van der Waals surface area (Å²) in [6, 6.07) is 0. The van der Waals surface area contributed by atoms with Gasteiger partial charge in [-0.3, -0.25) is 0 Å². The van der Waals surface area contributed by atoms with Crippen LogP contribution in [-0.2, 0) is 9.53 Å². The number of ether oxygens (including phenoxy) is 1. The van der Waals surface area contributed by atoms with E-state index in [2.05, 4.69) is 15.9 Å². The Kier molecular flexibility index (Phi) is 7.51. The number of alkyl halides is 3. The number of hydrogen-bond acceptors (Lipinski definition) is 2. The van der Waals surface area contributed by atoms with Crippen LogP contribution in [0, 0.1) is 0 Å². The van der Waals surface area contributed by atoms with Gasteiger partial charge in [-0.2, -0.15) is 13.2 Å². The molecular formula is C16H16BrF3O3. The van der Waals surface area contributed by atoms with Gasteiger partial charge in [0.1, 0.15) is 0 Å². The van der Waals surface area contributed by atoms with E-state index in [9.17, 15) is 18.0 Å². The van der Waals surface area contributed by atoms with Crippen molar-refractivity contribution in [3.63, 3.8) is 0 Å². The first-order valence-corrected chi connectivity index (χ1v) is 7.53. The van der Waals surface area contributed by atoms with Crippen LogP contribution in [0.3, 0.4) is 0 Å². The maximum absolute atomic E-state index is 12.7. The summed E-state index contributed by atoms with van der Waals surface area (Å²) >= 11 is 3.24. The maximum atomic E-state index is 12.7. The Morgan fingerprint density at radius 3 is 2.78 bits per heavy atom. The third kappa shape index (κ3) is 7.00. The van der Waals surface area contributed by atoms with Gasteiger partial charge in [-0.1, -0.05) is 52.4 Å². The Morgan fingerprint density at radius 2 is 2.22 bits per heavy atom. The quantitative estimate of drug-likeness (QED) is 0.667. The highest BCUT2D eigenvalue weighted by molar-refractivity contribution is 9.11. The Bertz CT molecular complexity index is 572. The summed E-state index contributed by atoms with van der Waals surface area (Å²) in [4.78, 5) is 11.2. The Balaban J connectivity index is 2.73. The van der Waals surface area contributed by atoms with Crippen LogP contribution < -0.4 is 0 Å². The van der Waals surface area contributed by atoms with Crippen molar-refractivity contribution in [2.45, 2.75) is 31.7 Å². The molecule has 1 aliphatic rings. The smallest absolute Gasteiger partial charge is 0.412 e. The highest BCUT2D eigenvalue weighted by atomic mass is 79.9. The van der Waals surface area contributed by atoms with Crippen LogP contribution in [0.25, 0.3) is 0 Å². The minimum atomic E-state index is -4.44. The van der Waals surface area contributed by atoms with Crippen LogP contribution in [-0.4, -0.2) is 29.5 Å². The van der Waals surface area contributed by atoms with Gasteiger partial charge in [0.2, 0.25) is 0 Å². The molecule has 0 bridgehead atoms. The topological polar surface area (TPSA) is 46.5 Å². The third-order valence-electron chi connectivity index (χ3n) is 2.84. The molecule has 0 aromatic rings. The standard InChI is InChI=1S/C16H16BrF3O3/c1-2-5-12(17)7-4-9-14(15(21)22)23-13-8-3-6-11(10-13)16(18,19)20/h2-9,13-14H,10H2,1H3,(H,21,22)/b5-2-,9-4+,12-7+/t13?,14-/m0/s1. The zero-order valence-corrected chi connectivity index (χ0v) is 13.8. The molecule has 126 valence electrons. The number of halogens is 4. The van der Waals surface area contributed by atoms with Gasteiger partial charge in [0.15, 0.2) is 6.10 Å². The van der Waals surface area contributed by atoms with Crippen molar-refractivity contribution < 1.29 is 27.8 Å². The van der Waals surface area contributed by atoms with Crippen molar-refractivity contribution in [2.24, 2.45) is 0 Å². The van der Waals surface area contributed by atoms with E-state index in [0.29, 0.717) is 0 Å². The van der Waals surface area contributed by atoms with E-state index >= 15 is 0 Å². The fourth-order valence-corrected chi connectivity index (χ4v) is 2.21. The number of aliphatic carboxylic acids is 1. The van der Waals surface area contributed by atoms with E-state index in [0.717, 1.165) is 10.6 Å². The summed E-state index contributed by atoms with van der Waals surface area (Å²) in [5.74, 6) is -1.27. The molecule has 0 aromatic carbocycles. The monoisotopic (exact) mass is 392 g/mol. The van der Waals surface area contributed by atoms with Crippen molar-refractivity contribution in [3.8, 4) is 0 Å². The number of carbonyl (C=O) groups is 1. The fourth-order valence-electron chi connectivity index (χ4n) is 1.79. The molecule has 0 radical (unpaired) electrons. The molecule has 0 saturated carbocycles. The first-order valence-electron chi connectivity index (χ1n) is 6.73. The molecule has 0 aliphatic heterocycles. The van der Waals surface area contributed by atoms with E-state index in [1.54, 1.807) is 18.2 Å². The van der Waals surface area contributed by atoms with Crippen molar-refractivity contribution in [1.82, 2.24) is 0 Å². The molecule has 1 rings (SSSR count). The lowest BCUT2D eigenvalue weighted by atomic mass is 10.0. The normalized spacial score (nSPS) is 21.0. The van der Waals surface area contributed by atoms with Gasteiger partial charge in [0, 0.05) is 16.5 Å². The second kappa shape index (κ2) is 8.88. The van der Waals surface area contributed by atoms with Gasteiger partial charge in [0.25, 0.3) is 0 Å². The molecule has 0 heterocycles. The average molecular weight is 393 g/mol. The van der Waals surface area contributed by atoms with Gasteiger partial charge in [-0.05, 0) is 19.1 Å². The van der Waals surface area contributed by atoms with Crippen LogP contribution in [0.1, 0.15) is 13.3 Å². The molecule has 0 fully saturated rings. The summed E-state index contributed by atoms with van der Waals surface area (Å²) < 4.78 is 44.0. The number of rotatable bonds is 6. The summed E-state index contributed by atoms with van der Waals surface area (Å²) in [5, 5.41) is 9.11. The molecule has 3 nitrogen and oxygen atoms in total. The highest BCUT2D eigenvalue weighted by Crippen LogP contribution is 2.32. The van der Waals surface area contributed by atoms with E-state index in [1.165, 1.54) is 24.3 Å². The predicted molar refractivity (Wildman–Crippen MR) is 85.2 cm³/mol. The summed E-state index contributed by atoms with van der Waals surface area (Å²) in [7, 11) is 0. The molecule has 1 aliphatic carbocycles.